The molecule has 1 aliphatic carbocycles. The van der Waals surface area contributed by atoms with Crippen molar-refractivity contribution in [2.24, 2.45) is 0 Å². The van der Waals surface area contributed by atoms with Gasteiger partial charge in [0.25, 0.3) is 5.91 Å². The van der Waals surface area contributed by atoms with E-state index in [1.165, 1.54) is 12.0 Å². The van der Waals surface area contributed by atoms with E-state index in [1.807, 2.05) is 18.2 Å². The molecule has 0 aliphatic heterocycles. The Morgan fingerprint density at radius 2 is 1.75 bits per heavy atom. The molecule has 3 rings (SSSR count). The first-order valence-corrected chi connectivity index (χ1v) is 9.45. The van der Waals surface area contributed by atoms with Crippen LogP contribution < -0.4 is 10.1 Å². The summed E-state index contributed by atoms with van der Waals surface area (Å²) in [5.41, 5.74) is 0.953. The molecule has 0 bridgehead atoms. The van der Waals surface area contributed by atoms with E-state index < -0.39 is 23.3 Å². The van der Waals surface area contributed by atoms with Crippen molar-refractivity contribution in [3.8, 4) is 18.1 Å². The fraction of sp³-hybridized carbons (Fsp3) is 0.348. The van der Waals surface area contributed by atoms with Crippen LogP contribution in [0.5, 0.6) is 5.75 Å². The zero-order chi connectivity index (χ0) is 20.0. The highest BCUT2D eigenvalue weighted by atomic mass is 19.1. The van der Waals surface area contributed by atoms with Gasteiger partial charge in [-0.25, -0.2) is 8.78 Å². The molecule has 3 nitrogen and oxygen atoms in total. The summed E-state index contributed by atoms with van der Waals surface area (Å²) in [5.74, 6) is -0.826. The second-order valence-electron chi connectivity index (χ2n) is 7.15. The van der Waals surface area contributed by atoms with Gasteiger partial charge in [-0.1, -0.05) is 55.5 Å². The highest BCUT2D eigenvalue weighted by molar-refractivity contribution is 5.94. The third kappa shape index (κ3) is 4.33. The molecule has 2 aromatic rings. The van der Waals surface area contributed by atoms with E-state index in [1.54, 1.807) is 0 Å². The molecule has 0 aromatic heterocycles. The lowest BCUT2D eigenvalue weighted by Crippen LogP contribution is -2.42. The summed E-state index contributed by atoms with van der Waals surface area (Å²) < 4.78 is 33.1. The topological polar surface area (TPSA) is 38.3 Å². The van der Waals surface area contributed by atoms with Crippen LogP contribution in [0.2, 0.25) is 0 Å². The molecule has 1 aliphatic rings. The molecule has 0 atom stereocenters. The van der Waals surface area contributed by atoms with Crippen molar-refractivity contribution in [1.82, 2.24) is 5.32 Å². The Kier molecular flexibility index (Phi) is 6.30. The van der Waals surface area contributed by atoms with Gasteiger partial charge >= 0.3 is 0 Å². The largest absolute Gasteiger partial charge is 0.475 e. The molecule has 1 amide bonds. The van der Waals surface area contributed by atoms with E-state index in [0.29, 0.717) is 6.54 Å². The highest BCUT2D eigenvalue weighted by Gasteiger charge is 2.34. The van der Waals surface area contributed by atoms with E-state index in [0.717, 1.165) is 37.8 Å². The van der Waals surface area contributed by atoms with Crippen LogP contribution in [0, 0.1) is 24.0 Å². The summed E-state index contributed by atoms with van der Waals surface area (Å²) in [7, 11) is 0. The highest BCUT2D eigenvalue weighted by Crippen LogP contribution is 2.39. The number of terminal acetylenes is 1. The standard InChI is InChI=1S/C23H23F2NO2/c1-2-13-28-21-19(24)14-17(15-20(21)25)22(27)26-16-23(11-7-4-8-12-23)18-9-5-3-6-10-18/h1,3,5-6,9-10,14-15H,4,7-8,11-13,16H2,(H,26,27). The SMILES string of the molecule is C#CCOc1c(F)cc(C(=O)NCC2(c3ccccc3)CCCCC2)cc1F. The monoisotopic (exact) mass is 383 g/mol. The molecule has 0 heterocycles. The van der Waals surface area contributed by atoms with Gasteiger partial charge in [0, 0.05) is 17.5 Å². The number of hydrogen-bond acceptors (Lipinski definition) is 2. The molecule has 1 saturated carbocycles. The number of hydrogen-bond donors (Lipinski definition) is 1. The van der Waals surface area contributed by atoms with E-state index in [-0.39, 0.29) is 17.6 Å². The summed E-state index contributed by atoms with van der Waals surface area (Å²) in [6.07, 6.45) is 10.3. The van der Waals surface area contributed by atoms with Gasteiger partial charge in [0.2, 0.25) is 0 Å². The zero-order valence-corrected chi connectivity index (χ0v) is 15.6. The zero-order valence-electron chi connectivity index (χ0n) is 15.6. The van der Waals surface area contributed by atoms with Crippen LogP contribution in [0.15, 0.2) is 42.5 Å². The maximum atomic E-state index is 14.1. The van der Waals surface area contributed by atoms with Gasteiger partial charge in [-0.3, -0.25) is 4.79 Å². The van der Waals surface area contributed by atoms with Crippen molar-refractivity contribution in [1.29, 1.82) is 0 Å². The molecular formula is C23H23F2NO2. The molecule has 5 heteroatoms. The molecule has 146 valence electrons. The average molecular weight is 383 g/mol. The summed E-state index contributed by atoms with van der Waals surface area (Å²) in [5, 5.41) is 2.88. The molecule has 0 spiro atoms. The fourth-order valence-electron chi connectivity index (χ4n) is 3.88. The Hall–Kier alpha value is -2.87. The fourth-order valence-corrected chi connectivity index (χ4v) is 3.88. The van der Waals surface area contributed by atoms with Crippen molar-refractivity contribution in [3.63, 3.8) is 0 Å². The Morgan fingerprint density at radius 1 is 1.11 bits per heavy atom. The Morgan fingerprint density at radius 3 is 2.36 bits per heavy atom. The summed E-state index contributed by atoms with van der Waals surface area (Å²) in [6, 6.07) is 12.1. The van der Waals surface area contributed by atoms with Crippen molar-refractivity contribution in [2.75, 3.05) is 13.2 Å². The third-order valence-corrected chi connectivity index (χ3v) is 5.34. The van der Waals surface area contributed by atoms with Crippen molar-refractivity contribution in [2.45, 2.75) is 37.5 Å². The van der Waals surface area contributed by atoms with Crippen LogP contribution in [-0.2, 0) is 5.41 Å². The Labute approximate surface area is 164 Å². The van der Waals surface area contributed by atoms with Gasteiger partial charge in [-0.2, -0.15) is 0 Å². The first-order chi connectivity index (χ1) is 13.6. The lowest BCUT2D eigenvalue weighted by atomic mass is 9.69. The van der Waals surface area contributed by atoms with E-state index in [2.05, 4.69) is 23.4 Å². The Balaban J connectivity index is 1.76. The van der Waals surface area contributed by atoms with Gasteiger partial charge in [0.1, 0.15) is 6.61 Å². The number of ether oxygens (including phenoxy) is 1. The second-order valence-corrected chi connectivity index (χ2v) is 7.15. The van der Waals surface area contributed by atoms with Gasteiger partial charge in [-0.15, -0.1) is 6.42 Å². The molecule has 2 aromatic carbocycles. The van der Waals surface area contributed by atoms with Crippen molar-refractivity contribution >= 4 is 5.91 Å². The lowest BCUT2D eigenvalue weighted by Gasteiger charge is -2.38. The number of rotatable bonds is 6. The molecule has 1 N–H and O–H groups in total. The summed E-state index contributed by atoms with van der Waals surface area (Å²) in [4.78, 5) is 12.6. The van der Waals surface area contributed by atoms with Gasteiger partial charge < -0.3 is 10.1 Å². The average Bonchev–Trinajstić information content (AvgIpc) is 2.72. The molecule has 28 heavy (non-hydrogen) atoms. The van der Waals surface area contributed by atoms with Crippen LogP contribution in [0.1, 0.15) is 48.0 Å². The minimum Gasteiger partial charge on any atom is -0.475 e. The number of amides is 1. The van der Waals surface area contributed by atoms with Crippen LogP contribution >= 0.6 is 0 Å². The summed E-state index contributed by atoms with van der Waals surface area (Å²) >= 11 is 0. The number of halogens is 2. The van der Waals surface area contributed by atoms with Gasteiger partial charge in [0.15, 0.2) is 17.4 Å². The van der Waals surface area contributed by atoms with Gasteiger partial charge in [0.05, 0.1) is 0 Å². The predicted octanol–water partition coefficient (Wildman–Crippen LogP) is 4.61. The second kappa shape index (κ2) is 8.88. The molecule has 0 radical (unpaired) electrons. The molecule has 0 saturated heterocycles. The first-order valence-electron chi connectivity index (χ1n) is 9.45. The number of nitrogens with one attached hydrogen (secondary N) is 1. The van der Waals surface area contributed by atoms with Crippen molar-refractivity contribution < 1.29 is 18.3 Å². The van der Waals surface area contributed by atoms with Crippen LogP contribution in [0.4, 0.5) is 8.78 Å². The smallest absolute Gasteiger partial charge is 0.251 e. The van der Waals surface area contributed by atoms with Gasteiger partial charge in [-0.05, 0) is 30.5 Å². The molecule has 1 fully saturated rings. The van der Waals surface area contributed by atoms with E-state index >= 15 is 0 Å². The maximum absolute atomic E-state index is 14.1. The molecular weight excluding hydrogens is 360 g/mol. The third-order valence-electron chi connectivity index (χ3n) is 5.34. The Bertz CT molecular complexity index is 845. The van der Waals surface area contributed by atoms with Crippen LogP contribution in [0.3, 0.4) is 0 Å². The minimum absolute atomic E-state index is 0.0814. The van der Waals surface area contributed by atoms with Crippen molar-refractivity contribution in [3.05, 3.63) is 65.2 Å². The maximum Gasteiger partial charge on any atom is 0.251 e. The lowest BCUT2D eigenvalue weighted by molar-refractivity contribution is 0.0935. The normalized spacial score (nSPS) is 15.5. The molecule has 0 unspecified atom stereocenters. The summed E-state index contributed by atoms with van der Waals surface area (Å²) in [6.45, 7) is 0.174. The predicted molar refractivity (Wildman–Crippen MR) is 104 cm³/mol. The van der Waals surface area contributed by atoms with E-state index in [4.69, 9.17) is 11.2 Å². The first kappa shape index (κ1) is 19.9. The number of carbonyl (C=O) groups is 1. The minimum atomic E-state index is -0.948. The van der Waals surface area contributed by atoms with E-state index in [9.17, 15) is 13.6 Å². The quantitative estimate of drug-likeness (QED) is 0.740. The van der Waals surface area contributed by atoms with Crippen LogP contribution in [-0.4, -0.2) is 19.1 Å². The number of carbonyl (C=O) groups excluding carboxylic acids is 1. The number of benzene rings is 2. The van der Waals surface area contributed by atoms with Crippen LogP contribution in [0.25, 0.3) is 0 Å².